The SMILES string of the molecule is CNc1ccc(Cl)cc1/C(C)=N\N(c1ccc(F)cc1)C(C)C. The van der Waals surface area contributed by atoms with Crippen molar-refractivity contribution in [2.75, 3.05) is 17.4 Å². The van der Waals surface area contributed by atoms with E-state index in [4.69, 9.17) is 16.7 Å². The molecule has 0 amide bonds. The Hall–Kier alpha value is -2.07. The van der Waals surface area contributed by atoms with Gasteiger partial charge in [0.05, 0.1) is 11.4 Å². The molecule has 3 nitrogen and oxygen atoms in total. The summed E-state index contributed by atoms with van der Waals surface area (Å²) in [6, 6.07) is 12.1. The molecular formula is C18H21ClFN3. The second-order valence-corrected chi connectivity index (χ2v) is 5.98. The second kappa shape index (κ2) is 7.47. The summed E-state index contributed by atoms with van der Waals surface area (Å²) in [4.78, 5) is 0. The molecule has 122 valence electrons. The highest BCUT2D eigenvalue weighted by Crippen LogP contribution is 2.23. The summed E-state index contributed by atoms with van der Waals surface area (Å²) in [5.41, 5.74) is 3.56. The molecule has 5 heteroatoms. The fraction of sp³-hybridized carbons (Fsp3) is 0.278. The van der Waals surface area contributed by atoms with Gasteiger partial charge in [-0.3, -0.25) is 5.01 Å². The fourth-order valence-electron chi connectivity index (χ4n) is 2.31. The Morgan fingerprint density at radius 2 is 1.83 bits per heavy atom. The topological polar surface area (TPSA) is 27.6 Å². The first-order valence-corrected chi connectivity index (χ1v) is 7.88. The van der Waals surface area contributed by atoms with Crippen LogP contribution in [0.2, 0.25) is 5.02 Å². The van der Waals surface area contributed by atoms with Crippen molar-refractivity contribution in [3.05, 3.63) is 58.9 Å². The van der Waals surface area contributed by atoms with Gasteiger partial charge >= 0.3 is 0 Å². The van der Waals surface area contributed by atoms with E-state index in [1.165, 1.54) is 12.1 Å². The Morgan fingerprint density at radius 3 is 2.39 bits per heavy atom. The third-order valence-electron chi connectivity index (χ3n) is 3.48. The lowest BCUT2D eigenvalue weighted by atomic mass is 10.1. The molecule has 0 aliphatic carbocycles. The monoisotopic (exact) mass is 333 g/mol. The molecule has 2 aromatic carbocycles. The largest absolute Gasteiger partial charge is 0.388 e. The summed E-state index contributed by atoms with van der Waals surface area (Å²) in [6.45, 7) is 6.01. The van der Waals surface area contributed by atoms with Gasteiger partial charge in [0, 0.05) is 29.4 Å². The van der Waals surface area contributed by atoms with Crippen molar-refractivity contribution in [3.63, 3.8) is 0 Å². The van der Waals surface area contributed by atoms with Gasteiger partial charge in [0.25, 0.3) is 0 Å². The van der Waals surface area contributed by atoms with E-state index in [1.807, 2.05) is 51.0 Å². The number of halogens is 2. The van der Waals surface area contributed by atoms with Crippen LogP contribution in [0.25, 0.3) is 0 Å². The van der Waals surface area contributed by atoms with Gasteiger partial charge in [-0.1, -0.05) is 11.6 Å². The average Bonchev–Trinajstić information content (AvgIpc) is 2.53. The first-order valence-electron chi connectivity index (χ1n) is 7.50. The number of hydrazone groups is 1. The zero-order valence-corrected chi connectivity index (χ0v) is 14.5. The number of anilines is 2. The third kappa shape index (κ3) is 4.23. The van der Waals surface area contributed by atoms with Crippen LogP contribution in [0.15, 0.2) is 47.6 Å². The number of benzene rings is 2. The number of nitrogens with zero attached hydrogens (tertiary/aromatic N) is 2. The van der Waals surface area contributed by atoms with Crippen LogP contribution in [0.3, 0.4) is 0 Å². The van der Waals surface area contributed by atoms with Crippen molar-refractivity contribution < 1.29 is 4.39 Å². The van der Waals surface area contributed by atoms with Crippen LogP contribution in [0, 0.1) is 5.82 Å². The zero-order valence-electron chi connectivity index (χ0n) is 13.8. The van der Waals surface area contributed by atoms with E-state index in [2.05, 4.69) is 5.32 Å². The molecule has 0 aromatic heterocycles. The minimum absolute atomic E-state index is 0.132. The molecule has 0 heterocycles. The van der Waals surface area contributed by atoms with E-state index in [-0.39, 0.29) is 11.9 Å². The van der Waals surface area contributed by atoms with Crippen molar-refractivity contribution in [2.24, 2.45) is 5.10 Å². The van der Waals surface area contributed by atoms with E-state index < -0.39 is 0 Å². The van der Waals surface area contributed by atoms with Gasteiger partial charge in [-0.15, -0.1) is 0 Å². The molecule has 2 aromatic rings. The molecule has 2 rings (SSSR count). The van der Waals surface area contributed by atoms with Gasteiger partial charge in [-0.05, 0) is 63.2 Å². The highest BCUT2D eigenvalue weighted by molar-refractivity contribution is 6.31. The van der Waals surface area contributed by atoms with Crippen LogP contribution in [-0.4, -0.2) is 18.8 Å². The predicted octanol–water partition coefficient (Wildman–Crippen LogP) is 5.16. The highest BCUT2D eigenvalue weighted by atomic mass is 35.5. The molecule has 0 fully saturated rings. The molecule has 0 atom stereocenters. The van der Waals surface area contributed by atoms with Crippen molar-refractivity contribution in [1.29, 1.82) is 0 Å². The minimum Gasteiger partial charge on any atom is -0.388 e. The molecule has 0 saturated carbocycles. The smallest absolute Gasteiger partial charge is 0.123 e. The normalized spacial score (nSPS) is 11.7. The Labute approximate surface area is 141 Å². The van der Waals surface area contributed by atoms with Crippen LogP contribution in [0.1, 0.15) is 26.3 Å². The quantitative estimate of drug-likeness (QED) is 0.604. The number of rotatable bonds is 5. The Bertz CT molecular complexity index is 696. The van der Waals surface area contributed by atoms with Gasteiger partial charge in [0.1, 0.15) is 5.82 Å². The summed E-state index contributed by atoms with van der Waals surface area (Å²) in [7, 11) is 1.86. The van der Waals surface area contributed by atoms with Gasteiger partial charge < -0.3 is 5.32 Å². The van der Waals surface area contributed by atoms with Crippen molar-refractivity contribution in [2.45, 2.75) is 26.8 Å². The maximum Gasteiger partial charge on any atom is 0.123 e. The summed E-state index contributed by atoms with van der Waals surface area (Å²) in [5, 5.41) is 10.4. The first-order chi connectivity index (χ1) is 10.9. The molecular weight excluding hydrogens is 313 g/mol. The Kier molecular flexibility index (Phi) is 5.61. The first kappa shape index (κ1) is 17.3. The number of nitrogens with one attached hydrogen (secondary N) is 1. The van der Waals surface area contributed by atoms with Crippen LogP contribution in [0.5, 0.6) is 0 Å². The Morgan fingerprint density at radius 1 is 1.17 bits per heavy atom. The van der Waals surface area contributed by atoms with Crippen molar-refractivity contribution in [3.8, 4) is 0 Å². The lowest BCUT2D eigenvalue weighted by molar-refractivity contribution is 0.626. The lowest BCUT2D eigenvalue weighted by Gasteiger charge is -2.25. The predicted molar refractivity (Wildman–Crippen MR) is 97.2 cm³/mol. The molecule has 0 saturated heterocycles. The van der Waals surface area contributed by atoms with Crippen LogP contribution in [0.4, 0.5) is 15.8 Å². The van der Waals surface area contributed by atoms with Gasteiger partial charge in [0.15, 0.2) is 0 Å². The van der Waals surface area contributed by atoms with E-state index >= 15 is 0 Å². The minimum atomic E-state index is -0.259. The van der Waals surface area contributed by atoms with Gasteiger partial charge in [-0.2, -0.15) is 5.10 Å². The maximum atomic E-state index is 13.1. The summed E-state index contributed by atoms with van der Waals surface area (Å²) in [5.74, 6) is -0.259. The number of hydrogen-bond donors (Lipinski definition) is 1. The molecule has 23 heavy (non-hydrogen) atoms. The van der Waals surface area contributed by atoms with Gasteiger partial charge in [-0.25, -0.2) is 4.39 Å². The fourth-order valence-corrected chi connectivity index (χ4v) is 2.49. The molecule has 0 spiro atoms. The van der Waals surface area contributed by atoms with E-state index in [0.29, 0.717) is 5.02 Å². The van der Waals surface area contributed by atoms with Crippen molar-refractivity contribution >= 4 is 28.7 Å². The van der Waals surface area contributed by atoms with Crippen LogP contribution < -0.4 is 10.3 Å². The molecule has 0 radical (unpaired) electrons. The maximum absolute atomic E-state index is 13.1. The summed E-state index contributed by atoms with van der Waals surface area (Å²) >= 11 is 6.11. The van der Waals surface area contributed by atoms with Crippen LogP contribution in [-0.2, 0) is 0 Å². The second-order valence-electron chi connectivity index (χ2n) is 5.54. The third-order valence-corrected chi connectivity index (χ3v) is 3.71. The van der Waals surface area contributed by atoms with Crippen molar-refractivity contribution in [1.82, 2.24) is 0 Å². The molecule has 0 unspecified atom stereocenters. The molecule has 1 N–H and O–H groups in total. The zero-order chi connectivity index (χ0) is 17.0. The summed E-state index contributed by atoms with van der Waals surface area (Å²) in [6.07, 6.45) is 0. The number of hydrogen-bond acceptors (Lipinski definition) is 3. The lowest BCUT2D eigenvalue weighted by Crippen LogP contribution is -2.26. The standard InChI is InChI=1S/C18H21ClFN3/c1-12(2)23(16-8-6-15(20)7-9-16)22-13(3)17-11-14(19)5-10-18(17)21-4/h5-12,21H,1-4H3/b22-13-. The van der Waals surface area contributed by atoms with Gasteiger partial charge in [0.2, 0.25) is 0 Å². The summed E-state index contributed by atoms with van der Waals surface area (Å²) < 4.78 is 13.1. The van der Waals surface area contributed by atoms with E-state index in [9.17, 15) is 4.39 Å². The van der Waals surface area contributed by atoms with Crippen LogP contribution >= 0.6 is 11.6 Å². The average molecular weight is 334 g/mol. The van der Waals surface area contributed by atoms with E-state index in [0.717, 1.165) is 22.6 Å². The molecule has 0 aliphatic rings. The Balaban J connectivity index is 2.43. The molecule has 0 bridgehead atoms. The molecule has 0 aliphatic heterocycles. The highest BCUT2D eigenvalue weighted by Gasteiger charge is 2.12. The van der Waals surface area contributed by atoms with E-state index in [1.54, 1.807) is 12.1 Å².